The second kappa shape index (κ2) is 8.27. The van der Waals surface area contributed by atoms with Crippen molar-refractivity contribution in [3.8, 4) is 11.3 Å². The molecule has 1 aromatic heterocycles. The van der Waals surface area contributed by atoms with Gasteiger partial charge in [-0.15, -0.1) is 10.2 Å². The Kier molecular flexibility index (Phi) is 5.57. The van der Waals surface area contributed by atoms with E-state index in [-0.39, 0.29) is 11.7 Å². The largest absolute Gasteiger partial charge is 0.339 e. The van der Waals surface area contributed by atoms with Gasteiger partial charge in [-0.25, -0.2) is 4.39 Å². The molecule has 144 valence electrons. The lowest BCUT2D eigenvalue weighted by atomic mass is 10.0. The summed E-state index contributed by atoms with van der Waals surface area (Å²) in [7, 11) is 0. The first-order valence-electron chi connectivity index (χ1n) is 9.57. The molecule has 1 fully saturated rings. The fourth-order valence-corrected chi connectivity index (χ4v) is 4.55. The Balaban J connectivity index is 1.59. The Hall–Kier alpha value is -2.47. The molecular weight excluding hydrogens is 373 g/mol. The average Bonchev–Trinajstić information content (AvgIpc) is 2.73. The van der Waals surface area contributed by atoms with Gasteiger partial charge in [-0.05, 0) is 50.5 Å². The highest BCUT2D eigenvalue weighted by Crippen LogP contribution is 2.32. The summed E-state index contributed by atoms with van der Waals surface area (Å²) < 4.78 is 13.3. The Morgan fingerprint density at radius 1 is 1.11 bits per heavy atom. The van der Waals surface area contributed by atoms with Crippen molar-refractivity contribution in [1.29, 1.82) is 0 Å². The summed E-state index contributed by atoms with van der Waals surface area (Å²) in [6, 6.07) is 14.5. The molecule has 28 heavy (non-hydrogen) atoms. The number of amides is 1. The van der Waals surface area contributed by atoms with Crippen LogP contribution in [0, 0.1) is 5.82 Å². The van der Waals surface area contributed by atoms with Crippen molar-refractivity contribution < 1.29 is 9.18 Å². The first-order valence-corrected chi connectivity index (χ1v) is 10.6. The molecule has 2 aromatic carbocycles. The number of nitrogens with zero attached hydrogens (tertiary/aromatic N) is 3. The van der Waals surface area contributed by atoms with Gasteiger partial charge in [-0.2, -0.15) is 0 Å². The predicted octanol–water partition coefficient (Wildman–Crippen LogP) is 4.93. The standard InChI is InChI=1S/C22H22FN3OS/c1-15-6-4-5-13-26(15)20(27)14-28-22-19-8-3-2-7-18(19)21(24-25-22)16-9-11-17(23)12-10-16/h2-3,7-12,15H,4-6,13-14H2,1H3/t15-/m1/s1. The van der Waals surface area contributed by atoms with Crippen molar-refractivity contribution in [3.63, 3.8) is 0 Å². The van der Waals surface area contributed by atoms with Gasteiger partial charge in [0, 0.05) is 28.9 Å². The molecule has 0 radical (unpaired) electrons. The van der Waals surface area contributed by atoms with Crippen LogP contribution in [0.2, 0.25) is 0 Å². The second-order valence-corrected chi connectivity index (χ2v) is 8.09. The third kappa shape index (κ3) is 3.87. The Morgan fingerprint density at radius 3 is 2.61 bits per heavy atom. The first-order chi connectivity index (χ1) is 13.6. The quantitative estimate of drug-likeness (QED) is 0.588. The summed E-state index contributed by atoms with van der Waals surface area (Å²) in [4.78, 5) is 14.6. The predicted molar refractivity (Wildman–Crippen MR) is 111 cm³/mol. The molecule has 4 rings (SSSR count). The van der Waals surface area contributed by atoms with Gasteiger partial charge >= 0.3 is 0 Å². The SMILES string of the molecule is C[C@@H]1CCCCN1C(=O)CSc1nnc(-c2ccc(F)cc2)c2ccccc12. The van der Waals surface area contributed by atoms with Crippen LogP contribution in [0.25, 0.3) is 22.0 Å². The number of halogens is 1. The van der Waals surface area contributed by atoms with Crippen LogP contribution >= 0.6 is 11.8 Å². The molecule has 1 saturated heterocycles. The molecule has 4 nitrogen and oxygen atoms in total. The van der Waals surface area contributed by atoms with E-state index in [1.807, 2.05) is 29.2 Å². The number of likely N-dealkylation sites (tertiary alicyclic amines) is 1. The lowest BCUT2D eigenvalue weighted by molar-refractivity contribution is -0.131. The molecule has 0 saturated carbocycles. The smallest absolute Gasteiger partial charge is 0.233 e. The Bertz CT molecular complexity index is 993. The molecule has 1 amide bonds. The summed E-state index contributed by atoms with van der Waals surface area (Å²) in [6.07, 6.45) is 3.35. The fraction of sp³-hybridized carbons (Fsp3) is 0.318. The van der Waals surface area contributed by atoms with Crippen LogP contribution in [0.1, 0.15) is 26.2 Å². The molecule has 0 N–H and O–H groups in total. The first kappa shape index (κ1) is 18.9. The number of benzene rings is 2. The maximum Gasteiger partial charge on any atom is 0.233 e. The van der Waals surface area contributed by atoms with Crippen LogP contribution in [-0.2, 0) is 4.79 Å². The van der Waals surface area contributed by atoms with E-state index < -0.39 is 0 Å². The molecule has 1 aliphatic rings. The second-order valence-electron chi connectivity index (χ2n) is 7.13. The summed E-state index contributed by atoms with van der Waals surface area (Å²) in [5.41, 5.74) is 1.54. The molecule has 1 aliphatic heterocycles. The number of carbonyl (C=O) groups is 1. The van der Waals surface area contributed by atoms with Gasteiger partial charge in [0.2, 0.25) is 5.91 Å². The van der Waals surface area contributed by atoms with E-state index in [2.05, 4.69) is 17.1 Å². The van der Waals surface area contributed by atoms with E-state index >= 15 is 0 Å². The summed E-state index contributed by atoms with van der Waals surface area (Å²) in [5, 5.41) is 11.4. The van der Waals surface area contributed by atoms with E-state index in [0.717, 1.165) is 46.4 Å². The van der Waals surface area contributed by atoms with Crippen molar-refractivity contribution in [1.82, 2.24) is 15.1 Å². The van der Waals surface area contributed by atoms with E-state index in [1.54, 1.807) is 12.1 Å². The van der Waals surface area contributed by atoms with Gasteiger partial charge in [0.15, 0.2) is 0 Å². The maximum atomic E-state index is 13.3. The maximum absolute atomic E-state index is 13.3. The van der Waals surface area contributed by atoms with E-state index in [9.17, 15) is 9.18 Å². The van der Waals surface area contributed by atoms with Gasteiger partial charge in [0.1, 0.15) is 16.5 Å². The van der Waals surface area contributed by atoms with Crippen LogP contribution in [-0.4, -0.2) is 39.3 Å². The van der Waals surface area contributed by atoms with Crippen LogP contribution in [0.15, 0.2) is 53.6 Å². The molecule has 0 aliphatic carbocycles. The van der Waals surface area contributed by atoms with Gasteiger partial charge in [0.05, 0.1) is 5.75 Å². The molecule has 6 heteroatoms. The minimum atomic E-state index is -0.279. The number of hydrogen-bond donors (Lipinski definition) is 0. The third-order valence-corrected chi connectivity index (χ3v) is 6.19. The number of fused-ring (bicyclic) bond motifs is 1. The highest BCUT2D eigenvalue weighted by Gasteiger charge is 2.23. The zero-order valence-electron chi connectivity index (χ0n) is 15.8. The molecule has 0 unspecified atom stereocenters. The minimum absolute atomic E-state index is 0.158. The normalized spacial score (nSPS) is 17.1. The monoisotopic (exact) mass is 395 g/mol. The van der Waals surface area contributed by atoms with Crippen LogP contribution < -0.4 is 0 Å². The Labute approximate surface area is 168 Å². The van der Waals surface area contributed by atoms with E-state index in [1.165, 1.54) is 30.3 Å². The van der Waals surface area contributed by atoms with Crippen molar-refractivity contribution >= 4 is 28.4 Å². The van der Waals surface area contributed by atoms with Gasteiger partial charge in [-0.1, -0.05) is 36.0 Å². The number of hydrogen-bond acceptors (Lipinski definition) is 4. The van der Waals surface area contributed by atoms with Crippen LogP contribution in [0.3, 0.4) is 0 Å². The number of thioether (sulfide) groups is 1. The highest BCUT2D eigenvalue weighted by atomic mass is 32.2. The molecule has 0 spiro atoms. The van der Waals surface area contributed by atoms with E-state index in [4.69, 9.17) is 0 Å². The fourth-order valence-electron chi connectivity index (χ4n) is 3.69. The topological polar surface area (TPSA) is 46.1 Å². The minimum Gasteiger partial charge on any atom is -0.339 e. The van der Waals surface area contributed by atoms with Crippen LogP contribution in [0.4, 0.5) is 4.39 Å². The third-order valence-electron chi connectivity index (χ3n) is 5.23. The lowest BCUT2D eigenvalue weighted by Crippen LogP contribution is -2.42. The number of aromatic nitrogens is 2. The van der Waals surface area contributed by atoms with E-state index in [0.29, 0.717) is 11.8 Å². The molecule has 2 heterocycles. The van der Waals surface area contributed by atoms with Crippen molar-refractivity contribution in [2.75, 3.05) is 12.3 Å². The van der Waals surface area contributed by atoms with Crippen molar-refractivity contribution in [2.24, 2.45) is 0 Å². The molecule has 3 aromatic rings. The average molecular weight is 396 g/mol. The summed E-state index contributed by atoms with van der Waals surface area (Å²) in [5.74, 6) is 0.239. The number of carbonyl (C=O) groups excluding carboxylic acids is 1. The van der Waals surface area contributed by atoms with Gasteiger partial charge in [0.25, 0.3) is 0 Å². The summed E-state index contributed by atoms with van der Waals surface area (Å²) in [6.45, 7) is 2.96. The zero-order chi connectivity index (χ0) is 19.5. The Morgan fingerprint density at radius 2 is 1.86 bits per heavy atom. The lowest BCUT2D eigenvalue weighted by Gasteiger charge is -2.33. The van der Waals surface area contributed by atoms with Crippen molar-refractivity contribution in [3.05, 3.63) is 54.3 Å². The van der Waals surface area contributed by atoms with Gasteiger partial charge < -0.3 is 4.90 Å². The summed E-state index contributed by atoms with van der Waals surface area (Å²) >= 11 is 1.44. The number of piperidine rings is 1. The molecular formula is C22H22FN3OS. The number of rotatable bonds is 4. The van der Waals surface area contributed by atoms with Gasteiger partial charge in [-0.3, -0.25) is 4.79 Å². The molecule has 0 bridgehead atoms. The highest BCUT2D eigenvalue weighted by molar-refractivity contribution is 8.00. The van der Waals surface area contributed by atoms with Crippen molar-refractivity contribution in [2.45, 2.75) is 37.3 Å². The van der Waals surface area contributed by atoms with Crippen LogP contribution in [0.5, 0.6) is 0 Å². The zero-order valence-corrected chi connectivity index (χ0v) is 16.6. The molecule has 1 atom stereocenters.